The number of hydrogen-bond acceptors (Lipinski definition) is 8. The van der Waals surface area contributed by atoms with Crippen LogP contribution in [-0.4, -0.2) is 43.2 Å². The Labute approximate surface area is 124 Å². The van der Waals surface area contributed by atoms with Gasteiger partial charge in [-0.1, -0.05) is 0 Å². The summed E-state index contributed by atoms with van der Waals surface area (Å²) in [6, 6.07) is 2.97. The molecule has 0 aliphatic heterocycles. The van der Waals surface area contributed by atoms with Crippen molar-refractivity contribution in [3.63, 3.8) is 0 Å². The van der Waals surface area contributed by atoms with Crippen molar-refractivity contribution in [3.8, 4) is 0 Å². The molecule has 1 aromatic rings. The van der Waals surface area contributed by atoms with E-state index in [2.05, 4.69) is 9.47 Å². The number of carbonyl (C=O) groups is 3. The highest BCUT2D eigenvalue weighted by atomic mass is 16.6. The molecule has 0 fully saturated rings. The van der Waals surface area contributed by atoms with Crippen LogP contribution in [0.1, 0.15) is 27.6 Å². The van der Waals surface area contributed by atoms with Gasteiger partial charge in [0.2, 0.25) is 0 Å². The Morgan fingerprint density at radius 1 is 1.05 bits per heavy atom. The molecule has 0 aromatic heterocycles. The van der Waals surface area contributed by atoms with Gasteiger partial charge in [0.25, 0.3) is 5.69 Å². The largest absolute Gasteiger partial charge is 0.466 e. The number of nitro groups is 1. The number of nitro benzene ring substituents is 1. The maximum atomic E-state index is 11.9. The topological polar surface area (TPSA) is 122 Å². The van der Waals surface area contributed by atoms with Gasteiger partial charge in [-0.05, 0) is 13.0 Å². The lowest BCUT2D eigenvalue weighted by molar-refractivity contribution is -0.384. The SMILES string of the molecule is COC(=O)c1cc(C(=O)O[C@@H](C)C(=O)OC)cc([N+](=O)[O-])c1. The maximum absolute atomic E-state index is 11.9. The van der Waals surface area contributed by atoms with Crippen molar-refractivity contribution in [2.24, 2.45) is 0 Å². The van der Waals surface area contributed by atoms with Gasteiger partial charge < -0.3 is 14.2 Å². The fraction of sp³-hybridized carbons (Fsp3) is 0.308. The molecular weight excluding hydrogens is 298 g/mol. The Balaban J connectivity index is 3.14. The van der Waals surface area contributed by atoms with Gasteiger partial charge in [-0.2, -0.15) is 0 Å². The lowest BCUT2D eigenvalue weighted by Crippen LogP contribution is -2.25. The second-order valence-electron chi connectivity index (χ2n) is 4.09. The Morgan fingerprint density at radius 3 is 2.05 bits per heavy atom. The molecular formula is C13H13NO8. The van der Waals surface area contributed by atoms with Gasteiger partial charge >= 0.3 is 17.9 Å². The third kappa shape index (κ3) is 4.01. The molecule has 118 valence electrons. The summed E-state index contributed by atoms with van der Waals surface area (Å²) in [6.07, 6.45) is -1.20. The predicted octanol–water partition coefficient (Wildman–Crippen LogP) is 1.10. The number of rotatable bonds is 5. The molecule has 22 heavy (non-hydrogen) atoms. The Kier molecular flexibility index (Phi) is 5.56. The van der Waals surface area contributed by atoms with E-state index < -0.39 is 34.6 Å². The number of esters is 3. The molecule has 0 unspecified atom stereocenters. The average molecular weight is 311 g/mol. The van der Waals surface area contributed by atoms with Crippen LogP contribution in [-0.2, 0) is 19.0 Å². The normalized spacial score (nSPS) is 11.2. The number of ether oxygens (including phenoxy) is 3. The van der Waals surface area contributed by atoms with Crippen LogP contribution in [0, 0.1) is 10.1 Å². The molecule has 9 heteroatoms. The Bertz CT molecular complexity index is 624. The third-order valence-corrected chi connectivity index (χ3v) is 2.60. The Morgan fingerprint density at radius 2 is 1.59 bits per heavy atom. The van der Waals surface area contributed by atoms with E-state index >= 15 is 0 Å². The molecule has 0 radical (unpaired) electrons. The number of benzene rings is 1. The van der Waals surface area contributed by atoms with Crippen LogP contribution in [0.25, 0.3) is 0 Å². The van der Waals surface area contributed by atoms with Gasteiger partial charge in [0.05, 0.1) is 30.3 Å². The fourth-order valence-corrected chi connectivity index (χ4v) is 1.51. The van der Waals surface area contributed by atoms with E-state index in [1.165, 1.54) is 6.92 Å². The van der Waals surface area contributed by atoms with Crippen molar-refractivity contribution in [2.45, 2.75) is 13.0 Å². The van der Waals surface area contributed by atoms with Crippen molar-refractivity contribution >= 4 is 23.6 Å². The fourth-order valence-electron chi connectivity index (χ4n) is 1.51. The van der Waals surface area contributed by atoms with Gasteiger partial charge in [-0.15, -0.1) is 0 Å². The van der Waals surface area contributed by atoms with Crippen LogP contribution in [0.3, 0.4) is 0 Å². The molecule has 0 aliphatic rings. The van der Waals surface area contributed by atoms with Crippen LogP contribution >= 0.6 is 0 Å². The summed E-state index contributed by atoms with van der Waals surface area (Å²) in [7, 11) is 2.22. The summed E-state index contributed by atoms with van der Waals surface area (Å²) in [4.78, 5) is 44.6. The maximum Gasteiger partial charge on any atom is 0.346 e. The van der Waals surface area contributed by atoms with Crippen LogP contribution < -0.4 is 0 Å². The molecule has 0 heterocycles. The smallest absolute Gasteiger partial charge is 0.346 e. The summed E-state index contributed by atoms with van der Waals surface area (Å²) in [6.45, 7) is 1.28. The standard InChI is InChI=1S/C13H13NO8/c1-7(11(15)20-2)22-13(17)9-4-8(12(16)21-3)5-10(6-9)14(18)19/h4-7H,1-3H3/t7-/m0/s1. The number of carbonyl (C=O) groups excluding carboxylic acids is 3. The van der Waals surface area contributed by atoms with Crippen LogP contribution in [0.5, 0.6) is 0 Å². The minimum atomic E-state index is -1.20. The first-order valence-corrected chi connectivity index (χ1v) is 5.96. The van der Waals surface area contributed by atoms with E-state index in [0.717, 1.165) is 32.4 Å². The molecule has 0 aliphatic carbocycles. The highest BCUT2D eigenvalue weighted by Crippen LogP contribution is 2.19. The quantitative estimate of drug-likeness (QED) is 0.343. The van der Waals surface area contributed by atoms with Gasteiger partial charge in [0.1, 0.15) is 0 Å². The van der Waals surface area contributed by atoms with E-state index in [-0.39, 0.29) is 11.1 Å². The van der Waals surface area contributed by atoms with Crippen molar-refractivity contribution in [3.05, 3.63) is 39.4 Å². The van der Waals surface area contributed by atoms with Crippen molar-refractivity contribution in [2.75, 3.05) is 14.2 Å². The van der Waals surface area contributed by atoms with Crippen molar-refractivity contribution in [1.82, 2.24) is 0 Å². The highest BCUT2D eigenvalue weighted by molar-refractivity contribution is 5.97. The zero-order valence-electron chi connectivity index (χ0n) is 12.0. The summed E-state index contributed by atoms with van der Waals surface area (Å²) < 4.78 is 13.7. The lowest BCUT2D eigenvalue weighted by atomic mass is 10.1. The molecule has 9 nitrogen and oxygen atoms in total. The van der Waals surface area contributed by atoms with Crippen molar-refractivity contribution < 1.29 is 33.5 Å². The zero-order valence-corrected chi connectivity index (χ0v) is 12.0. The minimum absolute atomic E-state index is 0.186. The minimum Gasteiger partial charge on any atom is -0.466 e. The molecule has 0 amide bonds. The average Bonchev–Trinajstić information content (AvgIpc) is 2.52. The molecule has 0 saturated heterocycles. The molecule has 0 N–H and O–H groups in total. The molecule has 1 atom stereocenters. The Hall–Kier alpha value is -2.97. The van der Waals surface area contributed by atoms with Crippen LogP contribution in [0.2, 0.25) is 0 Å². The lowest BCUT2D eigenvalue weighted by Gasteiger charge is -2.11. The first-order valence-electron chi connectivity index (χ1n) is 5.96. The van der Waals surface area contributed by atoms with E-state index in [1.54, 1.807) is 0 Å². The van der Waals surface area contributed by atoms with Gasteiger partial charge in [0.15, 0.2) is 6.10 Å². The third-order valence-electron chi connectivity index (χ3n) is 2.60. The van der Waals surface area contributed by atoms with E-state index in [1.807, 2.05) is 0 Å². The second kappa shape index (κ2) is 7.16. The van der Waals surface area contributed by atoms with Gasteiger partial charge in [0, 0.05) is 12.1 Å². The monoisotopic (exact) mass is 311 g/mol. The van der Waals surface area contributed by atoms with Crippen molar-refractivity contribution in [1.29, 1.82) is 0 Å². The van der Waals surface area contributed by atoms with Crippen LogP contribution in [0.4, 0.5) is 5.69 Å². The summed E-state index contributed by atoms with van der Waals surface area (Å²) in [5, 5.41) is 10.8. The number of methoxy groups -OCH3 is 2. The number of hydrogen-bond donors (Lipinski definition) is 0. The first kappa shape index (κ1) is 17.1. The highest BCUT2D eigenvalue weighted by Gasteiger charge is 2.23. The van der Waals surface area contributed by atoms with E-state index in [9.17, 15) is 24.5 Å². The number of non-ortho nitro benzene ring substituents is 1. The summed E-state index contributed by atoms with van der Waals surface area (Å²) in [5.74, 6) is -2.64. The number of nitrogens with zero attached hydrogens (tertiary/aromatic N) is 1. The molecule has 0 saturated carbocycles. The summed E-state index contributed by atoms with van der Waals surface area (Å²) in [5.41, 5.74) is -0.930. The van der Waals surface area contributed by atoms with E-state index in [0.29, 0.717) is 0 Å². The predicted molar refractivity (Wildman–Crippen MR) is 71.3 cm³/mol. The molecule has 1 aromatic carbocycles. The van der Waals surface area contributed by atoms with Gasteiger partial charge in [-0.3, -0.25) is 10.1 Å². The molecule has 0 spiro atoms. The zero-order chi connectivity index (χ0) is 16.9. The van der Waals surface area contributed by atoms with Crippen LogP contribution in [0.15, 0.2) is 18.2 Å². The molecule has 0 bridgehead atoms. The van der Waals surface area contributed by atoms with Gasteiger partial charge in [-0.25, -0.2) is 14.4 Å². The molecule has 1 rings (SSSR count). The summed E-state index contributed by atoms with van der Waals surface area (Å²) >= 11 is 0. The van der Waals surface area contributed by atoms with E-state index in [4.69, 9.17) is 4.74 Å². The first-order chi connectivity index (χ1) is 10.3. The second-order valence-corrected chi connectivity index (χ2v) is 4.09.